The summed E-state index contributed by atoms with van der Waals surface area (Å²) in [6, 6.07) is 8.69. The highest BCUT2D eigenvalue weighted by molar-refractivity contribution is 6.28. The topological polar surface area (TPSA) is 55.0 Å². The van der Waals surface area contributed by atoms with E-state index in [4.69, 9.17) is 17.3 Å². The average Bonchev–Trinajstić information content (AvgIpc) is 2.43. The van der Waals surface area contributed by atoms with Gasteiger partial charge in [0.25, 0.3) is 0 Å². The van der Waals surface area contributed by atoms with Gasteiger partial charge in [0.05, 0.1) is 11.4 Å². The van der Waals surface area contributed by atoms with Gasteiger partial charge in [0, 0.05) is 11.7 Å². The van der Waals surface area contributed by atoms with E-state index in [1.54, 1.807) is 0 Å². The quantitative estimate of drug-likeness (QED) is 0.816. The first-order chi connectivity index (χ1) is 9.58. The van der Waals surface area contributed by atoms with Crippen molar-refractivity contribution in [1.29, 1.82) is 0 Å². The molecule has 1 unspecified atom stereocenters. The van der Waals surface area contributed by atoms with E-state index in [9.17, 15) is 0 Å². The molecular formula is C15H17ClN4. The molecule has 4 nitrogen and oxygen atoms in total. The highest BCUT2D eigenvalue weighted by Crippen LogP contribution is 2.39. The van der Waals surface area contributed by atoms with Crippen LogP contribution in [0.15, 0.2) is 24.3 Å². The first-order valence-corrected chi connectivity index (χ1v) is 7.12. The number of fused-ring (bicyclic) bond motifs is 1. The van der Waals surface area contributed by atoms with Crippen LogP contribution in [-0.2, 0) is 6.42 Å². The number of rotatable bonds is 1. The lowest BCUT2D eigenvalue weighted by Crippen LogP contribution is -2.34. The second-order valence-corrected chi connectivity index (χ2v) is 5.54. The molecule has 2 heterocycles. The molecule has 0 fully saturated rings. The lowest BCUT2D eigenvalue weighted by Gasteiger charge is -2.36. The first-order valence-electron chi connectivity index (χ1n) is 6.74. The number of hydrogen-bond donors (Lipinski definition) is 1. The fourth-order valence-corrected chi connectivity index (χ4v) is 2.93. The van der Waals surface area contributed by atoms with Gasteiger partial charge in [0.2, 0.25) is 5.28 Å². The van der Waals surface area contributed by atoms with Crippen molar-refractivity contribution in [2.45, 2.75) is 32.7 Å². The van der Waals surface area contributed by atoms with Crippen molar-refractivity contribution in [3.8, 4) is 0 Å². The Bertz CT molecular complexity index is 656. The number of hydrogen-bond acceptors (Lipinski definition) is 4. The first kappa shape index (κ1) is 13.2. The van der Waals surface area contributed by atoms with Gasteiger partial charge in [-0.3, -0.25) is 0 Å². The molecule has 0 bridgehead atoms. The largest absolute Gasteiger partial charge is 0.394 e. The van der Waals surface area contributed by atoms with E-state index in [1.807, 2.05) is 13.0 Å². The normalized spacial score (nSPS) is 17.9. The summed E-state index contributed by atoms with van der Waals surface area (Å²) < 4.78 is 0. The number of aryl methyl sites for hydroxylation is 2. The zero-order valence-electron chi connectivity index (χ0n) is 11.6. The van der Waals surface area contributed by atoms with Crippen molar-refractivity contribution in [3.05, 3.63) is 40.8 Å². The smallest absolute Gasteiger partial charge is 0.224 e. The lowest BCUT2D eigenvalue weighted by atomic mass is 9.96. The van der Waals surface area contributed by atoms with Gasteiger partial charge >= 0.3 is 0 Å². The van der Waals surface area contributed by atoms with E-state index in [2.05, 4.69) is 40.0 Å². The third kappa shape index (κ3) is 2.10. The van der Waals surface area contributed by atoms with Gasteiger partial charge in [-0.1, -0.05) is 18.2 Å². The summed E-state index contributed by atoms with van der Waals surface area (Å²) in [6.45, 7) is 4.04. The molecule has 1 aromatic carbocycles. The van der Waals surface area contributed by atoms with Crippen molar-refractivity contribution in [1.82, 2.24) is 9.97 Å². The van der Waals surface area contributed by atoms with E-state index in [1.165, 1.54) is 5.56 Å². The number of halogens is 1. The van der Waals surface area contributed by atoms with Crippen molar-refractivity contribution in [3.63, 3.8) is 0 Å². The Labute approximate surface area is 123 Å². The number of para-hydroxylation sites is 1. The van der Waals surface area contributed by atoms with Crippen LogP contribution in [0.3, 0.4) is 0 Å². The number of aromatic nitrogens is 2. The molecule has 0 saturated carbocycles. The van der Waals surface area contributed by atoms with Gasteiger partial charge in [-0.2, -0.15) is 4.98 Å². The zero-order valence-corrected chi connectivity index (χ0v) is 12.4. The van der Waals surface area contributed by atoms with E-state index >= 15 is 0 Å². The minimum absolute atomic E-state index is 0.238. The second kappa shape index (κ2) is 4.94. The van der Waals surface area contributed by atoms with E-state index in [0.29, 0.717) is 17.5 Å². The summed E-state index contributed by atoms with van der Waals surface area (Å²) in [6.07, 6.45) is 2.14. The highest BCUT2D eigenvalue weighted by Gasteiger charge is 2.27. The molecule has 0 aliphatic carbocycles. The molecule has 1 aromatic heterocycles. The summed E-state index contributed by atoms with van der Waals surface area (Å²) >= 11 is 6.01. The summed E-state index contributed by atoms with van der Waals surface area (Å²) in [5.74, 6) is 0.710. The van der Waals surface area contributed by atoms with Crippen LogP contribution in [0, 0.1) is 6.92 Å². The van der Waals surface area contributed by atoms with Crippen LogP contribution in [0.25, 0.3) is 0 Å². The molecule has 20 heavy (non-hydrogen) atoms. The number of anilines is 3. The molecule has 3 rings (SSSR count). The Morgan fingerprint density at radius 3 is 2.85 bits per heavy atom. The molecule has 0 radical (unpaired) electrons. The van der Waals surface area contributed by atoms with Gasteiger partial charge in [-0.15, -0.1) is 0 Å². The molecule has 0 amide bonds. The zero-order chi connectivity index (χ0) is 14.3. The minimum Gasteiger partial charge on any atom is -0.394 e. The third-order valence-corrected chi connectivity index (χ3v) is 4.01. The standard InChI is InChI=1S/C15H17ClN4/c1-9-7-8-11-5-3-4-6-12(11)20(9)14-13(17)10(2)18-15(16)19-14/h3-6,9H,7-8,17H2,1-2H3. The van der Waals surface area contributed by atoms with Crippen LogP contribution in [-0.4, -0.2) is 16.0 Å². The number of nitrogens with two attached hydrogens (primary N) is 1. The maximum atomic E-state index is 6.18. The van der Waals surface area contributed by atoms with Crippen molar-refractivity contribution >= 4 is 28.8 Å². The van der Waals surface area contributed by atoms with E-state index in [-0.39, 0.29) is 5.28 Å². The summed E-state index contributed by atoms with van der Waals surface area (Å²) in [4.78, 5) is 10.6. The number of nitrogens with zero attached hydrogens (tertiary/aromatic N) is 3. The Kier molecular flexibility index (Phi) is 3.26. The molecule has 104 valence electrons. The Morgan fingerprint density at radius 1 is 1.30 bits per heavy atom. The maximum absolute atomic E-state index is 6.18. The summed E-state index contributed by atoms with van der Waals surface area (Å²) in [7, 11) is 0. The van der Waals surface area contributed by atoms with Crippen LogP contribution in [0.2, 0.25) is 5.28 Å². The van der Waals surface area contributed by atoms with Crippen LogP contribution in [0.4, 0.5) is 17.2 Å². The molecule has 1 atom stereocenters. The van der Waals surface area contributed by atoms with E-state index in [0.717, 1.165) is 24.2 Å². The maximum Gasteiger partial charge on any atom is 0.224 e. The molecule has 5 heteroatoms. The fourth-order valence-electron chi connectivity index (χ4n) is 2.73. The summed E-state index contributed by atoms with van der Waals surface area (Å²) in [5.41, 5.74) is 9.97. The van der Waals surface area contributed by atoms with Gasteiger partial charge in [0.15, 0.2) is 5.82 Å². The van der Waals surface area contributed by atoms with Crippen molar-refractivity contribution in [2.75, 3.05) is 10.6 Å². The monoisotopic (exact) mass is 288 g/mol. The van der Waals surface area contributed by atoms with Gasteiger partial charge < -0.3 is 10.6 Å². The average molecular weight is 289 g/mol. The van der Waals surface area contributed by atoms with Crippen LogP contribution in [0.5, 0.6) is 0 Å². The Hall–Kier alpha value is -1.81. The predicted octanol–water partition coefficient (Wildman–Crippen LogP) is 3.49. The van der Waals surface area contributed by atoms with Gasteiger partial charge in [0.1, 0.15) is 0 Å². The van der Waals surface area contributed by atoms with Crippen LogP contribution in [0.1, 0.15) is 24.6 Å². The molecule has 2 aromatic rings. The molecule has 0 saturated heterocycles. The van der Waals surface area contributed by atoms with Crippen molar-refractivity contribution < 1.29 is 0 Å². The third-order valence-electron chi connectivity index (χ3n) is 3.84. The molecular weight excluding hydrogens is 272 g/mol. The predicted molar refractivity (Wildman–Crippen MR) is 82.6 cm³/mol. The highest BCUT2D eigenvalue weighted by atomic mass is 35.5. The number of benzene rings is 1. The Morgan fingerprint density at radius 2 is 2.05 bits per heavy atom. The van der Waals surface area contributed by atoms with Crippen LogP contribution < -0.4 is 10.6 Å². The lowest BCUT2D eigenvalue weighted by molar-refractivity contribution is 0.613. The molecule has 1 aliphatic rings. The Balaban J connectivity index is 2.19. The molecule has 2 N–H and O–H groups in total. The number of nitrogen functional groups attached to an aromatic ring is 1. The molecule has 0 spiro atoms. The minimum atomic E-state index is 0.238. The SMILES string of the molecule is Cc1nc(Cl)nc(N2c3ccccc3CCC2C)c1N. The van der Waals surface area contributed by atoms with Crippen molar-refractivity contribution in [2.24, 2.45) is 0 Å². The second-order valence-electron chi connectivity index (χ2n) is 5.20. The molecule has 1 aliphatic heterocycles. The van der Waals surface area contributed by atoms with Gasteiger partial charge in [-0.05, 0) is 49.9 Å². The summed E-state index contributed by atoms with van der Waals surface area (Å²) in [5, 5.41) is 0.238. The van der Waals surface area contributed by atoms with Crippen LogP contribution >= 0.6 is 11.6 Å². The fraction of sp³-hybridized carbons (Fsp3) is 0.333. The van der Waals surface area contributed by atoms with Gasteiger partial charge in [-0.25, -0.2) is 4.98 Å². The van der Waals surface area contributed by atoms with E-state index < -0.39 is 0 Å².